The van der Waals surface area contributed by atoms with Crippen molar-refractivity contribution in [3.8, 4) is 0 Å². The summed E-state index contributed by atoms with van der Waals surface area (Å²) in [5, 5.41) is 11.8. The second-order valence-electron chi connectivity index (χ2n) is 3.96. The van der Waals surface area contributed by atoms with Crippen LogP contribution >= 0.6 is 0 Å². The van der Waals surface area contributed by atoms with Crippen LogP contribution in [0.15, 0.2) is 12.3 Å². The van der Waals surface area contributed by atoms with Crippen LogP contribution in [0, 0.1) is 6.92 Å². The van der Waals surface area contributed by atoms with Crippen LogP contribution in [-0.4, -0.2) is 19.6 Å². The number of nitrogens with one attached hydrogen (secondary N) is 1. The Kier molecular flexibility index (Phi) is 3.03. The van der Waals surface area contributed by atoms with E-state index in [-0.39, 0.29) is 0 Å². The first-order valence-corrected chi connectivity index (χ1v) is 5.67. The zero-order valence-corrected chi connectivity index (χ0v) is 10.4. The van der Waals surface area contributed by atoms with Gasteiger partial charge in [0.15, 0.2) is 0 Å². The molecule has 6 heteroatoms. The molecule has 0 unspecified atom stereocenters. The summed E-state index contributed by atoms with van der Waals surface area (Å²) in [5.41, 5.74) is 8.67. The standard InChI is InChI=1S/C11H18N6/c1-4-17-11(10(12)8(2)15-17)13-7-9-5-6-14-16(9)3/h5-6,13H,4,7,12H2,1-3H3. The third-order valence-electron chi connectivity index (χ3n) is 2.83. The topological polar surface area (TPSA) is 73.7 Å². The molecule has 0 aliphatic heterocycles. The fourth-order valence-electron chi connectivity index (χ4n) is 1.76. The van der Waals surface area contributed by atoms with Crippen LogP contribution in [0.4, 0.5) is 11.5 Å². The van der Waals surface area contributed by atoms with Crippen LogP contribution in [0.1, 0.15) is 18.3 Å². The number of anilines is 2. The number of hydrogen-bond donors (Lipinski definition) is 2. The van der Waals surface area contributed by atoms with Crippen LogP contribution in [0.2, 0.25) is 0 Å². The largest absolute Gasteiger partial charge is 0.394 e. The second kappa shape index (κ2) is 4.48. The summed E-state index contributed by atoms with van der Waals surface area (Å²) in [6.07, 6.45) is 1.78. The lowest BCUT2D eigenvalue weighted by atomic mass is 10.3. The maximum atomic E-state index is 5.99. The molecule has 0 aromatic carbocycles. The lowest BCUT2D eigenvalue weighted by Crippen LogP contribution is -2.10. The Morgan fingerprint density at radius 3 is 2.82 bits per heavy atom. The van der Waals surface area contributed by atoms with Gasteiger partial charge in [0.05, 0.1) is 23.6 Å². The van der Waals surface area contributed by atoms with Crippen molar-refractivity contribution in [2.75, 3.05) is 11.1 Å². The maximum Gasteiger partial charge on any atom is 0.148 e. The molecule has 0 saturated carbocycles. The van der Waals surface area contributed by atoms with E-state index in [1.54, 1.807) is 6.20 Å². The zero-order valence-electron chi connectivity index (χ0n) is 10.4. The van der Waals surface area contributed by atoms with Crippen molar-refractivity contribution in [2.45, 2.75) is 26.9 Å². The van der Waals surface area contributed by atoms with E-state index in [0.717, 1.165) is 23.8 Å². The Morgan fingerprint density at radius 1 is 1.47 bits per heavy atom. The molecule has 0 fully saturated rings. The average Bonchev–Trinajstić information content (AvgIpc) is 2.83. The molecule has 0 saturated heterocycles. The molecule has 0 spiro atoms. The molecular weight excluding hydrogens is 216 g/mol. The summed E-state index contributed by atoms with van der Waals surface area (Å²) >= 11 is 0. The van der Waals surface area contributed by atoms with Gasteiger partial charge in [-0.3, -0.25) is 4.68 Å². The quantitative estimate of drug-likeness (QED) is 0.832. The van der Waals surface area contributed by atoms with E-state index in [1.165, 1.54) is 0 Å². The van der Waals surface area contributed by atoms with Gasteiger partial charge < -0.3 is 11.1 Å². The predicted octanol–water partition coefficient (Wildman–Crippen LogP) is 1.14. The average molecular weight is 234 g/mol. The van der Waals surface area contributed by atoms with Crippen molar-refractivity contribution in [3.05, 3.63) is 23.7 Å². The molecule has 2 aromatic heterocycles. The monoisotopic (exact) mass is 234 g/mol. The van der Waals surface area contributed by atoms with Gasteiger partial charge in [0.2, 0.25) is 0 Å². The summed E-state index contributed by atoms with van der Waals surface area (Å²) in [6, 6.07) is 1.97. The molecule has 0 bridgehead atoms. The highest BCUT2D eigenvalue weighted by Gasteiger charge is 2.11. The summed E-state index contributed by atoms with van der Waals surface area (Å²) in [7, 11) is 1.92. The summed E-state index contributed by atoms with van der Waals surface area (Å²) in [6.45, 7) is 5.44. The first kappa shape index (κ1) is 11.5. The molecule has 0 aliphatic carbocycles. The zero-order chi connectivity index (χ0) is 12.4. The van der Waals surface area contributed by atoms with Crippen molar-refractivity contribution in [1.29, 1.82) is 0 Å². The molecule has 17 heavy (non-hydrogen) atoms. The number of aryl methyl sites for hydroxylation is 3. The van der Waals surface area contributed by atoms with E-state index in [0.29, 0.717) is 12.2 Å². The van der Waals surface area contributed by atoms with Gasteiger partial charge in [0.1, 0.15) is 5.82 Å². The molecule has 0 aliphatic rings. The SMILES string of the molecule is CCn1nc(C)c(N)c1NCc1ccnn1C. The highest BCUT2D eigenvalue weighted by Crippen LogP contribution is 2.22. The molecule has 6 nitrogen and oxygen atoms in total. The van der Waals surface area contributed by atoms with Gasteiger partial charge in [-0.25, -0.2) is 4.68 Å². The number of aromatic nitrogens is 4. The van der Waals surface area contributed by atoms with Gasteiger partial charge in [0, 0.05) is 19.8 Å². The Hall–Kier alpha value is -1.98. The minimum absolute atomic E-state index is 0.686. The van der Waals surface area contributed by atoms with Gasteiger partial charge in [-0.2, -0.15) is 10.2 Å². The van der Waals surface area contributed by atoms with Crippen LogP contribution in [0.3, 0.4) is 0 Å². The highest BCUT2D eigenvalue weighted by atomic mass is 15.3. The van der Waals surface area contributed by atoms with Crippen molar-refractivity contribution in [2.24, 2.45) is 7.05 Å². The molecule has 2 aromatic rings. The van der Waals surface area contributed by atoms with Gasteiger partial charge in [0.25, 0.3) is 0 Å². The highest BCUT2D eigenvalue weighted by molar-refractivity contribution is 5.64. The molecular formula is C11H18N6. The number of rotatable bonds is 4. The molecule has 0 amide bonds. The predicted molar refractivity (Wildman–Crippen MR) is 67.6 cm³/mol. The van der Waals surface area contributed by atoms with Gasteiger partial charge in [-0.05, 0) is 19.9 Å². The Morgan fingerprint density at radius 2 is 2.24 bits per heavy atom. The van der Waals surface area contributed by atoms with Crippen molar-refractivity contribution in [1.82, 2.24) is 19.6 Å². The maximum absolute atomic E-state index is 5.99. The van der Waals surface area contributed by atoms with E-state index < -0.39 is 0 Å². The number of nitrogens with zero attached hydrogens (tertiary/aromatic N) is 4. The van der Waals surface area contributed by atoms with Crippen molar-refractivity contribution in [3.63, 3.8) is 0 Å². The Balaban J connectivity index is 2.16. The lowest BCUT2D eigenvalue weighted by molar-refractivity contribution is 0.654. The van der Waals surface area contributed by atoms with Crippen LogP contribution < -0.4 is 11.1 Å². The summed E-state index contributed by atoms with van der Waals surface area (Å²) in [4.78, 5) is 0. The smallest absolute Gasteiger partial charge is 0.148 e. The lowest BCUT2D eigenvalue weighted by Gasteiger charge is -2.09. The fourth-order valence-corrected chi connectivity index (χ4v) is 1.76. The third-order valence-corrected chi connectivity index (χ3v) is 2.83. The van der Waals surface area contributed by atoms with Crippen LogP contribution in [-0.2, 0) is 20.1 Å². The molecule has 0 radical (unpaired) electrons. The second-order valence-corrected chi connectivity index (χ2v) is 3.96. The number of nitrogens with two attached hydrogens (primary N) is 1. The molecule has 92 valence electrons. The molecule has 2 rings (SSSR count). The van der Waals surface area contributed by atoms with Crippen LogP contribution in [0.25, 0.3) is 0 Å². The molecule has 2 heterocycles. The fraction of sp³-hybridized carbons (Fsp3) is 0.455. The van der Waals surface area contributed by atoms with E-state index in [2.05, 4.69) is 15.5 Å². The van der Waals surface area contributed by atoms with E-state index >= 15 is 0 Å². The van der Waals surface area contributed by atoms with Gasteiger partial charge >= 0.3 is 0 Å². The van der Waals surface area contributed by atoms with E-state index in [9.17, 15) is 0 Å². The van der Waals surface area contributed by atoms with Crippen LogP contribution in [0.5, 0.6) is 0 Å². The minimum Gasteiger partial charge on any atom is -0.394 e. The van der Waals surface area contributed by atoms with E-state index in [4.69, 9.17) is 5.73 Å². The van der Waals surface area contributed by atoms with E-state index in [1.807, 2.05) is 36.3 Å². The minimum atomic E-state index is 0.686. The van der Waals surface area contributed by atoms with Crippen molar-refractivity contribution >= 4 is 11.5 Å². The molecule has 0 atom stereocenters. The van der Waals surface area contributed by atoms with Crippen molar-refractivity contribution < 1.29 is 0 Å². The first-order valence-electron chi connectivity index (χ1n) is 5.67. The first-order chi connectivity index (χ1) is 8.13. The third kappa shape index (κ3) is 2.11. The Labute approximate surface area is 100 Å². The summed E-state index contributed by atoms with van der Waals surface area (Å²) in [5.74, 6) is 0.881. The number of nitrogen functional groups attached to an aromatic ring is 1. The van der Waals surface area contributed by atoms with Gasteiger partial charge in [-0.15, -0.1) is 0 Å². The van der Waals surface area contributed by atoms with Gasteiger partial charge in [-0.1, -0.05) is 0 Å². The Bertz CT molecular complexity index is 510. The normalized spacial score (nSPS) is 10.8. The summed E-state index contributed by atoms with van der Waals surface area (Å²) < 4.78 is 3.71. The number of hydrogen-bond acceptors (Lipinski definition) is 4. The molecule has 3 N–H and O–H groups in total.